The number of anilines is 1. The summed E-state index contributed by atoms with van der Waals surface area (Å²) in [5.74, 6) is -0.119. The summed E-state index contributed by atoms with van der Waals surface area (Å²) in [5.41, 5.74) is 0.906. The van der Waals surface area contributed by atoms with E-state index in [9.17, 15) is 9.59 Å². The maximum Gasteiger partial charge on any atom is 0.354 e. The molecule has 1 aliphatic carbocycles. The van der Waals surface area contributed by atoms with Crippen LogP contribution in [0.25, 0.3) is 11.9 Å². The van der Waals surface area contributed by atoms with Crippen LogP contribution in [-0.2, 0) is 6.42 Å². The largest absolute Gasteiger partial charge is 0.490 e. The first-order valence-electron chi connectivity index (χ1n) is 12.5. The number of aromatic nitrogens is 4. The molecule has 3 aromatic rings. The fourth-order valence-electron chi connectivity index (χ4n) is 4.95. The van der Waals surface area contributed by atoms with E-state index >= 15 is 4.39 Å². The van der Waals surface area contributed by atoms with Gasteiger partial charge < -0.3 is 10.1 Å². The standard InChI is InChI=1S/C27H30FN5O3/c1-17-11-12-29-16-22(17)30-26(34)20-14-21(28)23(33-27(35)32-13-7-6-10-25(32)31-33)15-24(20)36-18(2)19-8-4-3-5-9-19/h7,11-16,18-19H,3-6,8-10H2,1-2H3,(H,30,34)/t18-/m0/s1. The summed E-state index contributed by atoms with van der Waals surface area (Å²) >= 11 is 0. The molecule has 36 heavy (non-hydrogen) atoms. The van der Waals surface area contributed by atoms with E-state index in [0.29, 0.717) is 23.9 Å². The zero-order chi connectivity index (χ0) is 25.2. The van der Waals surface area contributed by atoms with Crippen LogP contribution in [0.5, 0.6) is 5.75 Å². The van der Waals surface area contributed by atoms with Gasteiger partial charge in [-0.05, 0) is 56.7 Å². The summed E-state index contributed by atoms with van der Waals surface area (Å²) in [5, 5.41) is 7.17. The number of benzene rings is 1. The average Bonchev–Trinajstić information content (AvgIpc) is 3.23. The van der Waals surface area contributed by atoms with Crippen LogP contribution in [0.3, 0.4) is 0 Å². The quantitative estimate of drug-likeness (QED) is 0.530. The van der Waals surface area contributed by atoms with Gasteiger partial charge in [0.2, 0.25) is 0 Å². The molecular weight excluding hydrogens is 461 g/mol. The smallest absolute Gasteiger partial charge is 0.354 e. The van der Waals surface area contributed by atoms with Crippen LogP contribution >= 0.6 is 0 Å². The Morgan fingerprint density at radius 2 is 2.06 bits per heavy atom. The van der Waals surface area contributed by atoms with Crippen LogP contribution in [0.15, 0.2) is 41.5 Å². The first kappa shape index (κ1) is 24.0. The van der Waals surface area contributed by atoms with E-state index in [-0.39, 0.29) is 23.1 Å². The predicted molar refractivity (Wildman–Crippen MR) is 135 cm³/mol. The highest BCUT2D eigenvalue weighted by Gasteiger charge is 2.26. The van der Waals surface area contributed by atoms with E-state index in [0.717, 1.165) is 48.4 Å². The highest BCUT2D eigenvalue weighted by molar-refractivity contribution is 6.06. The topological polar surface area (TPSA) is 91.0 Å². The minimum Gasteiger partial charge on any atom is -0.490 e. The molecule has 1 aliphatic heterocycles. The highest BCUT2D eigenvalue weighted by Crippen LogP contribution is 2.32. The molecule has 1 N–H and O–H groups in total. The van der Waals surface area contributed by atoms with Gasteiger partial charge in [0.25, 0.3) is 5.91 Å². The average molecular weight is 492 g/mol. The molecule has 1 amide bonds. The summed E-state index contributed by atoms with van der Waals surface area (Å²) in [6.07, 6.45) is 13.5. The highest BCUT2D eigenvalue weighted by atomic mass is 19.1. The number of hydrogen-bond acceptors (Lipinski definition) is 5. The van der Waals surface area contributed by atoms with Crippen molar-refractivity contribution in [2.75, 3.05) is 5.32 Å². The predicted octanol–water partition coefficient (Wildman–Crippen LogP) is 4.89. The fourth-order valence-corrected chi connectivity index (χ4v) is 4.95. The maximum absolute atomic E-state index is 15.5. The van der Waals surface area contributed by atoms with Crippen molar-refractivity contribution in [2.24, 2.45) is 5.92 Å². The third-order valence-corrected chi connectivity index (χ3v) is 7.11. The molecule has 0 bridgehead atoms. The van der Waals surface area contributed by atoms with Crippen molar-refractivity contribution in [1.29, 1.82) is 0 Å². The molecule has 9 heteroatoms. The lowest BCUT2D eigenvalue weighted by atomic mass is 9.86. The first-order valence-corrected chi connectivity index (χ1v) is 12.5. The van der Waals surface area contributed by atoms with Gasteiger partial charge in [0.15, 0.2) is 0 Å². The molecule has 5 rings (SSSR count). The molecule has 0 unspecified atom stereocenters. The van der Waals surface area contributed by atoms with Crippen molar-refractivity contribution in [1.82, 2.24) is 19.3 Å². The van der Waals surface area contributed by atoms with Crippen molar-refractivity contribution in [3.05, 3.63) is 69.9 Å². The van der Waals surface area contributed by atoms with Gasteiger partial charge in [-0.2, -0.15) is 4.68 Å². The van der Waals surface area contributed by atoms with Gasteiger partial charge in [0.1, 0.15) is 23.1 Å². The van der Waals surface area contributed by atoms with Crippen LogP contribution in [-0.4, -0.2) is 31.3 Å². The van der Waals surface area contributed by atoms with E-state index < -0.39 is 17.4 Å². The molecule has 188 valence electrons. The van der Waals surface area contributed by atoms with Crippen LogP contribution in [0.4, 0.5) is 10.1 Å². The lowest BCUT2D eigenvalue weighted by molar-refractivity contribution is 0.0997. The van der Waals surface area contributed by atoms with E-state index in [1.807, 2.05) is 19.9 Å². The number of carbonyl (C=O) groups excluding carboxylic acids is 1. The molecule has 2 aliphatic rings. The van der Waals surface area contributed by atoms with E-state index in [4.69, 9.17) is 4.74 Å². The minimum absolute atomic E-state index is 0.0461. The minimum atomic E-state index is -0.734. The number of pyridine rings is 1. The molecule has 0 saturated heterocycles. The summed E-state index contributed by atoms with van der Waals surface area (Å²) < 4.78 is 24.2. The fraction of sp³-hybridized carbons (Fsp3) is 0.407. The molecule has 3 heterocycles. The van der Waals surface area contributed by atoms with Crippen LogP contribution in [0.1, 0.15) is 67.2 Å². The van der Waals surface area contributed by atoms with Gasteiger partial charge in [-0.3, -0.25) is 14.3 Å². The van der Waals surface area contributed by atoms with Gasteiger partial charge in [-0.25, -0.2) is 9.18 Å². The number of carbonyl (C=O) groups is 1. The monoisotopic (exact) mass is 491 g/mol. The van der Waals surface area contributed by atoms with Crippen LogP contribution in [0, 0.1) is 18.7 Å². The number of aryl methyl sites for hydroxylation is 2. The third-order valence-electron chi connectivity index (χ3n) is 7.11. The molecule has 1 atom stereocenters. The number of allylic oxidation sites excluding steroid dienone is 1. The number of nitrogens with one attached hydrogen (secondary N) is 1. The Hall–Kier alpha value is -3.75. The SMILES string of the molecule is Cc1ccncc1NC(=O)c1cc(F)c(-n2nc3n(c2=O)C=CCC3)cc1O[C@@H](C)C1CCCCC1. The zero-order valence-corrected chi connectivity index (χ0v) is 20.5. The number of hydrogen-bond donors (Lipinski definition) is 1. The number of nitrogens with zero attached hydrogens (tertiary/aromatic N) is 4. The molecule has 2 aromatic heterocycles. The van der Waals surface area contributed by atoms with E-state index in [2.05, 4.69) is 15.4 Å². The van der Waals surface area contributed by atoms with Crippen molar-refractivity contribution < 1.29 is 13.9 Å². The molecule has 8 nitrogen and oxygen atoms in total. The van der Waals surface area contributed by atoms with Gasteiger partial charge in [0, 0.05) is 24.9 Å². The molecule has 1 aromatic carbocycles. The molecule has 1 fully saturated rings. The molecule has 0 radical (unpaired) electrons. The Morgan fingerprint density at radius 1 is 1.25 bits per heavy atom. The summed E-state index contributed by atoms with van der Waals surface area (Å²) in [7, 11) is 0. The summed E-state index contributed by atoms with van der Waals surface area (Å²) in [4.78, 5) is 30.3. The Morgan fingerprint density at radius 3 is 2.81 bits per heavy atom. The second-order valence-corrected chi connectivity index (χ2v) is 9.57. The molecule has 1 saturated carbocycles. The molecular formula is C27H30FN5O3. The number of halogens is 1. The third kappa shape index (κ3) is 4.69. The van der Waals surface area contributed by atoms with E-state index in [1.165, 1.54) is 17.1 Å². The second-order valence-electron chi connectivity index (χ2n) is 9.57. The normalized spacial score (nSPS) is 16.4. The number of ether oxygens (including phenoxy) is 1. The molecule has 0 spiro atoms. The first-order chi connectivity index (χ1) is 17.4. The number of fused-ring (bicyclic) bond motifs is 1. The Kier molecular flexibility index (Phi) is 6.71. The van der Waals surface area contributed by atoms with Crippen molar-refractivity contribution in [3.63, 3.8) is 0 Å². The summed E-state index contributed by atoms with van der Waals surface area (Å²) in [6.45, 7) is 3.84. The van der Waals surface area contributed by atoms with Gasteiger partial charge >= 0.3 is 5.69 Å². The number of rotatable bonds is 6. The van der Waals surface area contributed by atoms with Gasteiger partial charge in [-0.1, -0.05) is 25.3 Å². The van der Waals surface area contributed by atoms with Crippen molar-refractivity contribution >= 4 is 17.8 Å². The van der Waals surface area contributed by atoms with E-state index in [1.54, 1.807) is 24.7 Å². The lowest BCUT2D eigenvalue weighted by Crippen LogP contribution is -2.27. The summed E-state index contributed by atoms with van der Waals surface area (Å²) in [6, 6.07) is 4.33. The second kappa shape index (κ2) is 10.1. The number of amides is 1. The maximum atomic E-state index is 15.5. The van der Waals surface area contributed by atoms with Crippen LogP contribution in [0.2, 0.25) is 0 Å². The van der Waals surface area contributed by atoms with Crippen LogP contribution < -0.4 is 15.7 Å². The van der Waals surface area contributed by atoms with Crippen molar-refractivity contribution in [3.8, 4) is 11.4 Å². The lowest BCUT2D eigenvalue weighted by Gasteiger charge is -2.29. The van der Waals surface area contributed by atoms with Gasteiger partial charge in [-0.15, -0.1) is 5.10 Å². The van der Waals surface area contributed by atoms with Crippen molar-refractivity contribution in [2.45, 2.75) is 64.9 Å². The Balaban J connectivity index is 1.55. The Labute approximate surface area is 208 Å². The Bertz CT molecular complexity index is 1370. The zero-order valence-electron chi connectivity index (χ0n) is 20.5. The van der Waals surface area contributed by atoms with Gasteiger partial charge in [0.05, 0.1) is 23.6 Å².